The highest BCUT2D eigenvalue weighted by molar-refractivity contribution is 9.10. The van der Waals surface area contributed by atoms with E-state index in [1.54, 1.807) is 18.2 Å². The van der Waals surface area contributed by atoms with Crippen LogP contribution in [0.1, 0.15) is 5.89 Å². The summed E-state index contributed by atoms with van der Waals surface area (Å²) in [5.41, 5.74) is 0.591. The largest absolute Gasteiger partial charge is 0.480 e. The zero-order valence-corrected chi connectivity index (χ0v) is 11.8. The first-order valence-electron chi connectivity index (χ1n) is 5.14. The maximum Gasteiger partial charge on any atom is 0.329 e. The Morgan fingerprint density at radius 1 is 1.47 bits per heavy atom. The van der Waals surface area contributed by atoms with E-state index < -0.39 is 12.6 Å². The third-order valence-electron chi connectivity index (χ3n) is 2.10. The number of halogens is 2. The molecule has 6 nitrogen and oxygen atoms in total. The Morgan fingerprint density at radius 3 is 3.00 bits per heavy atom. The van der Waals surface area contributed by atoms with Gasteiger partial charge in [0.1, 0.15) is 13.2 Å². The van der Waals surface area contributed by atoms with E-state index in [2.05, 4.69) is 26.1 Å². The molecular weight excluding hydrogens is 339 g/mol. The molecule has 100 valence electrons. The molecule has 0 radical (unpaired) electrons. The maximum atomic E-state index is 10.3. The second-order valence-corrected chi connectivity index (χ2v) is 4.72. The predicted molar refractivity (Wildman–Crippen MR) is 69.7 cm³/mol. The quantitative estimate of drug-likeness (QED) is 0.895. The average molecular weight is 348 g/mol. The van der Waals surface area contributed by atoms with Crippen LogP contribution in [-0.4, -0.2) is 27.9 Å². The average Bonchev–Trinajstić information content (AvgIpc) is 2.81. The number of ether oxygens (including phenoxy) is 1. The smallest absolute Gasteiger partial charge is 0.329 e. The van der Waals surface area contributed by atoms with E-state index in [9.17, 15) is 4.79 Å². The molecule has 8 heteroatoms. The fourth-order valence-electron chi connectivity index (χ4n) is 1.32. The van der Waals surface area contributed by atoms with Crippen molar-refractivity contribution >= 4 is 33.5 Å². The summed E-state index contributed by atoms with van der Waals surface area (Å²) >= 11 is 9.40. The monoisotopic (exact) mass is 346 g/mol. The summed E-state index contributed by atoms with van der Waals surface area (Å²) < 4.78 is 10.9. The van der Waals surface area contributed by atoms with E-state index in [-0.39, 0.29) is 18.4 Å². The molecule has 1 aromatic carbocycles. The topological polar surface area (TPSA) is 85.5 Å². The highest BCUT2D eigenvalue weighted by Gasteiger charge is 2.13. The summed E-state index contributed by atoms with van der Waals surface area (Å²) in [6.45, 7) is -0.486. The third kappa shape index (κ3) is 3.52. The Balaban J connectivity index is 2.12. The van der Waals surface area contributed by atoms with Gasteiger partial charge in [0.2, 0.25) is 11.8 Å². The highest BCUT2D eigenvalue weighted by atomic mass is 79.9. The van der Waals surface area contributed by atoms with Gasteiger partial charge in [0, 0.05) is 4.47 Å². The molecule has 1 aromatic heterocycles. The Labute approximate surface area is 121 Å². The van der Waals surface area contributed by atoms with Crippen LogP contribution < -0.4 is 0 Å². The van der Waals surface area contributed by atoms with Gasteiger partial charge in [-0.15, -0.1) is 10.2 Å². The van der Waals surface area contributed by atoms with Crippen molar-refractivity contribution in [2.75, 3.05) is 6.61 Å². The lowest BCUT2D eigenvalue weighted by atomic mass is 10.2. The number of carbonyl (C=O) groups is 1. The van der Waals surface area contributed by atoms with Crippen molar-refractivity contribution in [2.45, 2.75) is 6.61 Å². The van der Waals surface area contributed by atoms with E-state index in [4.69, 9.17) is 25.9 Å². The van der Waals surface area contributed by atoms with Gasteiger partial charge in [-0.1, -0.05) is 17.7 Å². The van der Waals surface area contributed by atoms with Gasteiger partial charge in [0.25, 0.3) is 0 Å². The first kappa shape index (κ1) is 14.0. The molecule has 0 aliphatic carbocycles. The maximum absolute atomic E-state index is 10.3. The van der Waals surface area contributed by atoms with E-state index in [1.165, 1.54) is 0 Å². The molecule has 0 amide bonds. The van der Waals surface area contributed by atoms with Crippen LogP contribution in [-0.2, 0) is 16.1 Å². The van der Waals surface area contributed by atoms with Crippen molar-refractivity contribution < 1.29 is 19.1 Å². The molecule has 0 fully saturated rings. The van der Waals surface area contributed by atoms with Crippen LogP contribution in [0.15, 0.2) is 27.1 Å². The Kier molecular flexibility index (Phi) is 4.52. The molecule has 1 N–H and O–H groups in total. The fraction of sp³-hybridized carbons (Fsp3) is 0.182. The van der Waals surface area contributed by atoms with E-state index >= 15 is 0 Å². The van der Waals surface area contributed by atoms with Gasteiger partial charge < -0.3 is 14.3 Å². The summed E-state index contributed by atoms with van der Waals surface area (Å²) in [5.74, 6) is -0.623. The first-order chi connectivity index (χ1) is 9.08. The molecule has 0 aliphatic heterocycles. The molecule has 0 unspecified atom stereocenters. The molecule has 0 atom stereocenters. The third-order valence-corrected chi connectivity index (χ3v) is 3.40. The number of hydrogen-bond acceptors (Lipinski definition) is 5. The second kappa shape index (κ2) is 6.14. The standard InChI is InChI=1S/C11H8BrClN2O4/c12-7-3-1-2-6(10(7)13)11-15-14-8(19-11)4-18-5-9(16)17/h1-3H,4-5H2,(H,16,17). The van der Waals surface area contributed by atoms with Crippen molar-refractivity contribution in [3.63, 3.8) is 0 Å². The molecule has 0 saturated carbocycles. The summed E-state index contributed by atoms with van der Waals surface area (Å²) in [6.07, 6.45) is 0. The molecule has 0 spiro atoms. The van der Waals surface area contributed by atoms with Crippen molar-refractivity contribution in [1.82, 2.24) is 10.2 Å². The summed E-state index contributed by atoms with van der Waals surface area (Å²) in [6, 6.07) is 5.32. The zero-order valence-electron chi connectivity index (χ0n) is 9.47. The minimum Gasteiger partial charge on any atom is -0.480 e. The lowest BCUT2D eigenvalue weighted by Crippen LogP contribution is -2.06. The minimum absolute atomic E-state index is 0.0646. The van der Waals surface area contributed by atoms with Gasteiger partial charge in [0.15, 0.2) is 0 Å². The fourth-order valence-corrected chi connectivity index (χ4v) is 1.89. The second-order valence-electron chi connectivity index (χ2n) is 3.49. The van der Waals surface area contributed by atoms with E-state index in [0.717, 1.165) is 0 Å². The lowest BCUT2D eigenvalue weighted by Gasteiger charge is -2.00. The Bertz CT molecular complexity index is 602. The number of rotatable bonds is 5. The highest BCUT2D eigenvalue weighted by Crippen LogP contribution is 2.32. The van der Waals surface area contributed by atoms with Crippen LogP contribution in [0.3, 0.4) is 0 Å². The van der Waals surface area contributed by atoms with Gasteiger partial charge in [-0.05, 0) is 28.1 Å². The van der Waals surface area contributed by atoms with E-state index in [0.29, 0.717) is 15.1 Å². The van der Waals surface area contributed by atoms with Crippen LogP contribution in [0, 0.1) is 0 Å². The van der Waals surface area contributed by atoms with Gasteiger partial charge >= 0.3 is 5.97 Å². The Hall–Kier alpha value is -1.44. The molecule has 0 saturated heterocycles. The SMILES string of the molecule is O=C(O)COCc1nnc(-c2cccc(Br)c2Cl)o1. The first-order valence-corrected chi connectivity index (χ1v) is 6.31. The Morgan fingerprint density at radius 2 is 2.26 bits per heavy atom. The minimum atomic E-state index is -1.06. The van der Waals surface area contributed by atoms with Crippen LogP contribution in [0.25, 0.3) is 11.5 Å². The summed E-state index contributed by atoms with van der Waals surface area (Å²) in [4.78, 5) is 10.3. The van der Waals surface area contributed by atoms with Crippen molar-refractivity contribution in [3.05, 3.63) is 33.6 Å². The molecule has 2 aromatic rings. The van der Waals surface area contributed by atoms with Gasteiger partial charge in [-0.25, -0.2) is 4.79 Å². The van der Waals surface area contributed by atoms with Crippen LogP contribution in [0.5, 0.6) is 0 Å². The summed E-state index contributed by atoms with van der Waals surface area (Å²) in [5, 5.41) is 16.5. The predicted octanol–water partition coefficient (Wildman–Crippen LogP) is 2.75. The number of aliphatic carboxylic acids is 1. The lowest BCUT2D eigenvalue weighted by molar-refractivity contribution is -0.142. The number of carboxylic acids is 1. The van der Waals surface area contributed by atoms with Crippen LogP contribution >= 0.6 is 27.5 Å². The molecule has 0 aliphatic rings. The number of nitrogens with zero attached hydrogens (tertiary/aromatic N) is 2. The van der Waals surface area contributed by atoms with Crippen molar-refractivity contribution in [3.8, 4) is 11.5 Å². The van der Waals surface area contributed by atoms with Crippen molar-refractivity contribution in [1.29, 1.82) is 0 Å². The molecule has 2 rings (SSSR count). The van der Waals surface area contributed by atoms with Crippen molar-refractivity contribution in [2.24, 2.45) is 0 Å². The number of hydrogen-bond donors (Lipinski definition) is 1. The van der Waals surface area contributed by atoms with Crippen LogP contribution in [0.2, 0.25) is 5.02 Å². The van der Waals surface area contributed by atoms with Gasteiger partial charge in [-0.3, -0.25) is 0 Å². The number of benzene rings is 1. The van der Waals surface area contributed by atoms with E-state index in [1.807, 2.05) is 0 Å². The summed E-state index contributed by atoms with van der Waals surface area (Å²) in [7, 11) is 0. The molecular formula is C11H8BrClN2O4. The van der Waals surface area contributed by atoms with Gasteiger partial charge in [-0.2, -0.15) is 0 Å². The molecule has 0 bridgehead atoms. The van der Waals surface area contributed by atoms with Gasteiger partial charge in [0.05, 0.1) is 10.6 Å². The number of carboxylic acid groups (broad SMARTS) is 1. The van der Waals surface area contributed by atoms with Crippen LogP contribution in [0.4, 0.5) is 0 Å². The zero-order chi connectivity index (χ0) is 13.8. The number of aromatic nitrogens is 2. The molecule has 1 heterocycles. The molecule has 19 heavy (non-hydrogen) atoms. The normalized spacial score (nSPS) is 10.6.